The molecule has 0 spiro atoms. The molecule has 132 valence electrons. The van der Waals surface area contributed by atoms with Gasteiger partial charge in [0.25, 0.3) is 11.7 Å². The van der Waals surface area contributed by atoms with Gasteiger partial charge in [-0.3, -0.25) is 9.69 Å². The van der Waals surface area contributed by atoms with Gasteiger partial charge in [-0.1, -0.05) is 6.07 Å². The van der Waals surface area contributed by atoms with Gasteiger partial charge < -0.3 is 9.80 Å². The first-order valence-electron chi connectivity index (χ1n) is 9.12. The van der Waals surface area contributed by atoms with Gasteiger partial charge in [0.05, 0.1) is 25.8 Å². The summed E-state index contributed by atoms with van der Waals surface area (Å²) in [5, 5.41) is 2.19. The summed E-state index contributed by atoms with van der Waals surface area (Å²) in [6, 6.07) is 8.80. The number of nitrogens with zero attached hydrogens (tertiary/aromatic N) is 2. The Bertz CT molecular complexity index is 724. The molecule has 1 amide bonds. The van der Waals surface area contributed by atoms with E-state index < -0.39 is 0 Å². The molecule has 6 heteroatoms. The second kappa shape index (κ2) is 7.14. The van der Waals surface area contributed by atoms with Crippen LogP contribution in [0.2, 0.25) is 0 Å². The molecule has 2 aliphatic rings. The first-order chi connectivity index (χ1) is 12.2. The Morgan fingerprint density at radius 3 is 2.88 bits per heavy atom. The van der Waals surface area contributed by atoms with Crippen molar-refractivity contribution < 1.29 is 14.7 Å². The molecule has 4 heterocycles. The standard InChI is InChI=1S/C19H24N4OS/c1-15-16-6-13-25-17(16)5-8-23(15)14-19(24)22-11-9-21(10-12-22)18-4-2-3-7-20-18/h2-4,6-7,13,15H,5,8-12,14H2,1H3/p+2/t15-/m1/s1. The van der Waals surface area contributed by atoms with E-state index in [-0.39, 0.29) is 0 Å². The van der Waals surface area contributed by atoms with Crippen LogP contribution in [0.4, 0.5) is 5.82 Å². The molecule has 2 aromatic rings. The number of nitrogens with one attached hydrogen (secondary N) is 2. The number of fused-ring (bicyclic) bond motifs is 1. The van der Waals surface area contributed by atoms with E-state index in [0.29, 0.717) is 18.5 Å². The Labute approximate surface area is 152 Å². The second-order valence-electron chi connectivity index (χ2n) is 6.97. The molecule has 2 atom stereocenters. The molecule has 1 fully saturated rings. The summed E-state index contributed by atoms with van der Waals surface area (Å²) in [4.78, 5) is 23.4. The van der Waals surface area contributed by atoms with E-state index in [1.165, 1.54) is 15.3 Å². The highest BCUT2D eigenvalue weighted by Crippen LogP contribution is 2.24. The van der Waals surface area contributed by atoms with E-state index in [4.69, 9.17) is 0 Å². The number of pyridine rings is 1. The van der Waals surface area contributed by atoms with Crippen molar-refractivity contribution in [2.75, 3.05) is 44.2 Å². The Morgan fingerprint density at radius 2 is 2.12 bits per heavy atom. The van der Waals surface area contributed by atoms with Crippen molar-refractivity contribution in [1.82, 2.24) is 4.90 Å². The Hall–Kier alpha value is -1.92. The second-order valence-corrected chi connectivity index (χ2v) is 7.97. The van der Waals surface area contributed by atoms with Crippen molar-refractivity contribution in [3.63, 3.8) is 0 Å². The first-order valence-corrected chi connectivity index (χ1v) is 10.0. The van der Waals surface area contributed by atoms with Crippen molar-refractivity contribution in [3.8, 4) is 0 Å². The molecule has 2 aliphatic heterocycles. The van der Waals surface area contributed by atoms with E-state index in [9.17, 15) is 4.79 Å². The smallest absolute Gasteiger partial charge is 0.278 e. The molecule has 4 rings (SSSR count). The summed E-state index contributed by atoms with van der Waals surface area (Å²) in [6.07, 6.45) is 3.06. The Kier molecular flexibility index (Phi) is 4.72. The number of thiophene rings is 1. The highest BCUT2D eigenvalue weighted by molar-refractivity contribution is 7.10. The van der Waals surface area contributed by atoms with Crippen LogP contribution in [0.25, 0.3) is 0 Å². The number of carbonyl (C=O) groups excluding carboxylic acids is 1. The molecule has 1 unspecified atom stereocenters. The number of hydrogen-bond donors (Lipinski definition) is 1. The zero-order valence-corrected chi connectivity index (χ0v) is 15.5. The largest absolute Gasteiger partial charge is 0.330 e. The zero-order chi connectivity index (χ0) is 17.2. The fourth-order valence-electron chi connectivity index (χ4n) is 3.97. The fourth-order valence-corrected chi connectivity index (χ4v) is 4.95. The van der Waals surface area contributed by atoms with Gasteiger partial charge in [0.2, 0.25) is 0 Å². The average molecular weight is 359 g/mol. The van der Waals surface area contributed by atoms with Crippen molar-refractivity contribution in [2.24, 2.45) is 0 Å². The van der Waals surface area contributed by atoms with Crippen LogP contribution in [0, 0.1) is 0 Å². The van der Waals surface area contributed by atoms with Crippen molar-refractivity contribution in [3.05, 3.63) is 46.3 Å². The summed E-state index contributed by atoms with van der Waals surface area (Å²) in [6.45, 7) is 7.36. The van der Waals surface area contributed by atoms with E-state index >= 15 is 0 Å². The number of amides is 1. The average Bonchev–Trinajstić information content (AvgIpc) is 3.14. The maximum Gasteiger partial charge on any atom is 0.278 e. The van der Waals surface area contributed by atoms with E-state index in [1.807, 2.05) is 34.6 Å². The van der Waals surface area contributed by atoms with Crippen molar-refractivity contribution in [1.29, 1.82) is 0 Å². The van der Waals surface area contributed by atoms with E-state index in [0.717, 1.165) is 45.0 Å². The molecule has 5 nitrogen and oxygen atoms in total. The zero-order valence-electron chi connectivity index (χ0n) is 14.7. The van der Waals surface area contributed by atoms with Gasteiger partial charge in [0.1, 0.15) is 19.1 Å². The lowest BCUT2D eigenvalue weighted by Gasteiger charge is -2.34. The number of aromatic nitrogens is 1. The molecule has 25 heavy (non-hydrogen) atoms. The number of carbonyl (C=O) groups is 1. The lowest BCUT2D eigenvalue weighted by molar-refractivity contribution is -0.924. The maximum atomic E-state index is 12.8. The van der Waals surface area contributed by atoms with Gasteiger partial charge in [-0.15, -0.1) is 11.3 Å². The van der Waals surface area contributed by atoms with Gasteiger partial charge in [-0.2, -0.15) is 0 Å². The molecule has 0 radical (unpaired) electrons. The molecule has 0 bridgehead atoms. The highest BCUT2D eigenvalue weighted by Gasteiger charge is 2.33. The monoisotopic (exact) mass is 358 g/mol. The number of H-pyrrole nitrogens is 1. The minimum absolute atomic E-state index is 0.303. The molecule has 0 aromatic carbocycles. The van der Waals surface area contributed by atoms with Gasteiger partial charge >= 0.3 is 0 Å². The number of piperazine rings is 1. The predicted molar refractivity (Wildman–Crippen MR) is 98.9 cm³/mol. The lowest BCUT2D eigenvalue weighted by Crippen LogP contribution is -3.14. The van der Waals surface area contributed by atoms with Crippen LogP contribution < -0.4 is 14.8 Å². The molecule has 0 aliphatic carbocycles. The topological polar surface area (TPSA) is 42.1 Å². The van der Waals surface area contributed by atoms with Gasteiger partial charge in [-0.25, -0.2) is 4.98 Å². The number of aromatic amines is 1. The maximum absolute atomic E-state index is 12.8. The number of rotatable bonds is 3. The van der Waals surface area contributed by atoms with Crippen LogP contribution in [-0.4, -0.2) is 50.1 Å². The summed E-state index contributed by atoms with van der Waals surface area (Å²) >= 11 is 1.86. The van der Waals surface area contributed by atoms with Crippen LogP contribution in [0.1, 0.15) is 23.4 Å². The fraction of sp³-hybridized carbons (Fsp3) is 0.474. The molecule has 1 saturated heterocycles. The Morgan fingerprint density at radius 1 is 1.28 bits per heavy atom. The summed E-state index contributed by atoms with van der Waals surface area (Å²) in [5.74, 6) is 1.44. The van der Waals surface area contributed by atoms with E-state index in [1.54, 1.807) is 0 Å². The minimum atomic E-state index is 0.303. The van der Waals surface area contributed by atoms with Crippen molar-refractivity contribution >= 4 is 23.1 Å². The van der Waals surface area contributed by atoms with Gasteiger partial charge in [0, 0.05) is 22.9 Å². The van der Waals surface area contributed by atoms with Gasteiger partial charge in [0.15, 0.2) is 6.54 Å². The third-order valence-electron chi connectivity index (χ3n) is 5.58. The SMILES string of the molecule is C[C@@H]1c2ccsc2CC[NH+]1CC(=O)N1CCN(c2cccc[nH+]2)CC1. The molecule has 0 saturated carbocycles. The molecule has 2 N–H and O–H groups in total. The number of hydrogen-bond acceptors (Lipinski definition) is 3. The molecular weight excluding hydrogens is 332 g/mol. The summed E-state index contributed by atoms with van der Waals surface area (Å²) in [5.41, 5.74) is 1.45. The normalized spacial score (nSPS) is 23.4. The Balaban J connectivity index is 1.32. The van der Waals surface area contributed by atoms with Crippen LogP contribution in [0.15, 0.2) is 35.8 Å². The number of quaternary nitrogens is 1. The summed E-state index contributed by atoms with van der Waals surface area (Å²) < 4.78 is 0. The third-order valence-corrected chi connectivity index (χ3v) is 6.57. The highest BCUT2D eigenvalue weighted by atomic mass is 32.1. The third kappa shape index (κ3) is 3.41. The predicted octanol–water partition coefficient (Wildman–Crippen LogP) is 0.413. The minimum Gasteiger partial charge on any atom is -0.330 e. The quantitative estimate of drug-likeness (QED) is 0.864. The van der Waals surface area contributed by atoms with Gasteiger partial charge in [-0.05, 0) is 24.4 Å². The number of anilines is 1. The van der Waals surface area contributed by atoms with Crippen LogP contribution >= 0.6 is 11.3 Å². The van der Waals surface area contributed by atoms with Crippen LogP contribution in [0.3, 0.4) is 0 Å². The lowest BCUT2D eigenvalue weighted by atomic mass is 10.0. The van der Waals surface area contributed by atoms with Crippen LogP contribution in [0.5, 0.6) is 0 Å². The molecular formula is C19H26N4OS+2. The van der Waals surface area contributed by atoms with E-state index in [2.05, 4.69) is 34.3 Å². The van der Waals surface area contributed by atoms with Crippen molar-refractivity contribution in [2.45, 2.75) is 19.4 Å². The van der Waals surface area contributed by atoms with Crippen LogP contribution in [-0.2, 0) is 11.2 Å². The summed E-state index contributed by atoms with van der Waals surface area (Å²) in [7, 11) is 0. The molecule has 2 aromatic heterocycles. The first kappa shape index (κ1) is 16.5.